The molecule has 2 aliphatic rings. The lowest BCUT2D eigenvalue weighted by Crippen LogP contribution is -2.37. The SMILES string of the molecule is COc1ccc(C2=NN(C(=O)c3cc([N+](=O)[O-])c(N4CCOCC4)c([N+](=O)[O-])c3)C(c3cccc([N+](=O)[O-])c3)C2)cc1. The second-order valence-corrected chi connectivity index (χ2v) is 9.47. The van der Waals surface area contributed by atoms with Gasteiger partial charge in [0.05, 0.1) is 52.4 Å². The Morgan fingerprint density at radius 3 is 2.14 bits per heavy atom. The first-order chi connectivity index (χ1) is 20.2. The summed E-state index contributed by atoms with van der Waals surface area (Å²) in [7, 11) is 1.52. The number of amides is 1. The Balaban J connectivity index is 1.61. The smallest absolute Gasteiger partial charge is 0.300 e. The summed E-state index contributed by atoms with van der Waals surface area (Å²) in [4.78, 5) is 49.0. The van der Waals surface area contributed by atoms with Gasteiger partial charge < -0.3 is 14.4 Å². The van der Waals surface area contributed by atoms with Gasteiger partial charge in [-0.1, -0.05) is 12.1 Å². The molecule has 1 amide bonds. The van der Waals surface area contributed by atoms with Crippen molar-refractivity contribution in [1.29, 1.82) is 0 Å². The molecule has 0 N–H and O–H groups in total. The number of nitro benzene ring substituents is 3. The van der Waals surface area contributed by atoms with E-state index in [9.17, 15) is 35.1 Å². The summed E-state index contributed by atoms with van der Waals surface area (Å²) in [6.07, 6.45) is 0.162. The van der Waals surface area contributed by atoms with Crippen molar-refractivity contribution in [2.75, 3.05) is 38.3 Å². The summed E-state index contributed by atoms with van der Waals surface area (Å²) in [5.74, 6) is -0.241. The third-order valence-corrected chi connectivity index (χ3v) is 7.04. The van der Waals surface area contributed by atoms with E-state index in [0.29, 0.717) is 22.6 Å². The first-order valence-corrected chi connectivity index (χ1v) is 12.8. The molecule has 2 aliphatic heterocycles. The Morgan fingerprint density at radius 2 is 1.57 bits per heavy atom. The van der Waals surface area contributed by atoms with E-state index in [0.717, 1.165) is 17.1 Å². The van der Waals surface area contributed by atoms with Crippen LogP contribution in [0.4, 0.5) is 22.7 Å². The summed E-state index contributed by atoms with van der Waals surface area (Å²) in [5.41, 5.74) is -0.389. The molecular weight excluding hydrogens is 552 g/mol. The van der Waals surface area contributed by atoms with E-state index in [2.05, 4.69) is 5.10 Å². The third-order valence-electron chi connectivity index (χ3n) is 7.04. The first kappa shape index (κ1) is 28.1. The molecule has 1 fully saturated rings. The molecule has 0 saturated carbocycles. The zero-order valence-electron chi connectivity index (χ0n) is 22.2. The van der Waals surface area contributed by atoms with Gasteiger partial charge in [-0.15, -0.1) is 0 Å². The monoisotopic (exact) mass is 576 g/mol. The lowest BCUT2D eigenvalue weighted by Gasteiger charge is -2.28. The number of rotatable bonds is 8. The summed E-state index contributed by atoms with van der Waals surface area (Å²) in [6.45, 7) is 0.865. The maximum Gasteiger partial charge on any atom is 0.300 e. The van der Waals surface area contributed by atoms with Crippen molar-refractivity contribution in [2.24, 2.45) is 5.10 Å². The highest BCUT2D eigenvalue weighted by Gasteiger charge is 2.38. The van der Waals surface area contributed by atoms with Gasteiger partial charge in [0.1, 0.15) is 5.75 Å². The van der Waals surface area contributed by atoms with Crippen molar-refractivity contribution in [3.05, 3.63) is 108 Å². The lowest BCUT2D eigenvalue weighted by atomic mass is 9.97. The summed E-state index contributed by atoms with van der Waals surface area (Å²) < 4.78 is 10.5. The van der Waals surface area contributed by atoms with Gasteiger partial charge in [-0.25, -0.2) is 5.01 Å². The highest BCUT2D eigenvalue weighted by molar-refractivity contribution is 6.05. The largest absolute Gasteiger partial charge is 0.497 e. The van der Waals surface area contributed by atoms with Gasteiger partial charge in [0.25, 0.3) is 23.0 Å². The highest BCUT2D eigenvalue weighted by Crippen LogP contribution is 2.41. The van der Waals surface area contributed by atoms with Crippen LogP contribution >= 0.6 is 0 Å². The number of carbonyl (C=O) groups excluding carboxylic acids is 1. The van der Waals surface area contributed by atoms with E-state index in [4.69, 9.17) is 9.47 Å². The first-order valence-electron chi connectivity index (χ1n) is 12.8. The van der Waals surface area contributed by atoms with Gasteiger partial charge >= 0.3 is 0 Å². The molecule has 5 rings (SSSR count). The zero-order chi connectivity index (χ0) is 30.0. The fraction of sp³-hybridized carbons (Fsp3) is 0.259. The summed E-state index contributed by atoms with van der Waals surface area (Å²) in [5, 5.41) is 41.3. The van der Waals surface area contributed by atoms with Crippen LogP contribution in [0.25, 0.3) is 0 Å². The minimum absolute atomic E-state index is 0.162. The molecule has 2 heterocycles. The minimum atomic E-state index is -0.838. The number of hydrazone groups is 1. The second-order valence-electron chi connectivity index (χ2n) is 9.47. The van der Waals surface area contributed by atoms with Crippen molar-refractivity contribution in [2.45, 2.75) is 12.5 Å². The number of nitro groups is 3. The van der Waals surface area contributed by atoms with Gasteiger partial charge in [0.2, 0.25) is 0 Å². The van der Waals surface area contributed by atoms with Crippen LogP contribution in [-0.2, 0) is 4.74 Å². The highest BCUT2D eigenvalue weighted by atomic mass is 16.6. The van der Waals surface area contributed by atoms with Crippen molar-refractivity contribution >= 4 is 34.4 Å². The van der Waals surface area contributed by atoms with Gasteiger partial charge in [0.15, 0.2) is 5.69 Å². The van der Waals surface area contributed by atoms with E-state index >= 15 is 0 Å². The standard InChI is InChI=1S/C27H24N6O9/c1-41-21-7-5-17(6-8-21)22-16-23(18-3-2-4-20(13-18)31(35)36)30(28-22)27(34)19-14-24(32(37)38)26(25(15-19)33(39)40)29-9-11-42-12-10-29/h2-8,13-15,23H,9-12,16H2,1H3. The fourth-order valence-electron chi connectivity index (χ4n) is 5.01. The van der Waals surface area contributed by atoms with Crippen LogP contribution in [-0.4, -0.2) is 64.8 Å². The molecule has 3 aromatic carbocycles. The Kier molecular flexibility index (Phi) is 7.75. The molecular formula is C27H24N6O9. The molecule has 15 heteroatoms. The van der Waals surface area contributed by atoms with E-state index < -0.39 is 38.1 Å². The molecule has 0 aliphatic carbocycles. The Morgan fingerprint density at radius 1 is 0.929 bits per heavy atom. The maximum absolute atomic E-state index is 14.0. The van der Waals surface area contributed by atoms with Gasteiger partial charge in [0, 0.05) is 43.8 Å². The fourth-order valence-corrected chi connectivity index (χ4v) is 5.01. The van der Waals surface area contributed by atoms with Gasteiger partial charge in [-0.3, -0.25) is 35.1 Å². The normalized spacial score (nSPS) is 16.6. The van der Waals surface area contributed by atoms with Crippen LogP contribution in [0, 0.1) is 30.3 Å². The molecule has 216 valence electrons. The Labute approximate surface area is 238 Å². The predicted molar refractivity (Wildman–Crippen MR) is 149 cm³/mol. The van der Waals surface area contributed by atoms with Crippen molar-refractivity contribution in [3.8, 4) is 5.75 Å². The van der Waals surface area contributed by atoms with Crippen molar-refractivity contribution < 1.29 is 29.0 Å². The predicted octanol–water partition coefficient (Wildman–Crippen LogP) is 4.25. The summed E-state index contributed by atoms with van der Waals surface area (Å²) in [6, 6.07) is 13.8. The van der Waals surface area contributed by atoms with Crippen LogP contribution in [0.15, 0.2) is 65.8 Å². The van der Waals surface area contributed by atoms with E-state index in [1.165, 1.54) is 30.2 Å². The average molecular weight is 577 g/mol. The molecule has 1 atom stereocenters. The van der Waals surface area contributed by atoms with Crippen LogP contribution in [0.2, 0.25) is 0 Å². The molecule has 1 saturated heterocycles. The van der Waals surface area contributed by atoms with Crippen molar-refractivity contribution in [3.63, 3.8) is 0 Å². The van der Waals surface area contributed by atoms with Crippen molar-refractivity contribution in [1.82, 2.24) is 5.01 Å². The number of ether oxygens (including phenoxy) is 2. The van der Waals surface area contributed by atoms with E-state index in [1.54, 1.807) is 30.3 Å². The number of nitrogens with zero attached hydrogens (tertiary/aromatic N) is 6. The average Bonchev–Trinajstić information content (AvgIpc) is 3.46. The molecule has 3 aromatic rings. The number of benzene rings is 3. The molecule has 0 radical (unpaired) electrons. The van der Waals surface area contributed by atoms with Crippen LogP contribution in [0.3, 0.4) is 0 Å². The number of hydrogen-bond acceptors (Lipinski definition) is 11. The van der Waals surface area contributed by atoms with Crippen LogP contribution < -0.4 is 9.64 Å². The van der Waals surface area contributed by atoms with Crippen LogP contribution in [0.5, 0.6) is 5.75 Å². The topological polar surface area (TPSA) is 184 Å². The number of non-ortho nitro benzene ring substituents is 1. The van der Waals surface area contributed by atoms with Gasteiger partial charge in [-0.05, 0) is 35.4 Å². The van der Waals surface area contributed by atoms with Gasteiger partial charge in [-0.2, -0.15) is 5.10 Å². The Bertz CT molecular complexity index is 1570. The molecule has 1 unspecified atom stereocenters. The number of carbonyl (C=O) groups is 1. The number of anilines is 1. The Hall–Kier alpha value is -5.44. The maximum atomic E-state index is 14.0. The molecule has 0 spiro atoms. The summed E-state index contributed by atoms with van der Waals surface area (Å²) >= 11 is 0. The molecule has 42 heavy (non-hydrogen) atoms. The number of morpholine rings is 1. The third kappa shape index (κ3) is 5.44. The zero-order valence-corrected chi connectivity index (χ0v) is 22.2. The van der Waals surface area contributed by atoms with E-state index in [1.807, 2.05) is 0 Å². The second kappa shape index (κ2) is 11.6. The van der Waals surface area contributed by atoms with E-state index in [-0.39, 0.29) is 49.7 Å². The molecule has 0 bridgehead atoms. The van der Waals surface area contributed by atoms with Crippen LogP contribution in [0.1, 0.15) is 33.9 Å². The number of hydrogen-bond donors (Lipinski definition) is 0. The molecule has 0 aromatic heterocycles. The quantitative estimate of drug-likeness (QED) is 0.277. The number of methoxy groups -OCH3 is 1. The minimum Gasteiger partial charge on any atom is -0.497 e. The molecule has 15 nitrogen and oxygen atoms in total. The lowest BCUT2D eigenvalue weighted by molar-refractivity contribution is -0.392.